The number of alkyl halides is 3. The number of carbonyl (C=O) groups is 1. The highest BCUT2D eigenvalue weighted by Crippen LogP contribution is 2.35. The molecule has 0 aliphatic heterocycles. The molecule has 1 amide bonds. The van der Waals surface area contributed by atoms with E-state index in [1.165, 1.54) is 12.1 Å². The van der Waals surface area contributed by atoms with Crippen LogP contribution in [-0.4, -0.2) is 12.6 Å². The third kappa shape index (κ3) is 6.45. The quantitative estimate of drug-likeness (QED) is 0.544. The molecule has 3 nitrogen and oxygen atoms in total. The molecule has 0 aliphatic carbocycles. The van der Waals surface area contributed by atoms with Crippen LogP contribution >= 0.6 is 15.9 Å². The first-order valence-electron chi connectivity index (χ1n) is 7.66. The van der Waals surface area contributed by atoms with E-state index in [2.05, 4.69) is 33.1 Å². The Bertz CT molecular complexity index is 811. The number of hydrogen-bond donors (Lipinski definition) is 1. The minimum absolute atomic E-state index is 0.0293. The molecule has 2 aromatic carbocycles. The standard InChI is InChI=1S/C19H15BrF3NO2/c20-17-10-9-14(12-16(17)19(21,22)23)6-4-5-11-24-18(25)26-13-15-7-2-1-3-8-15/h1-3,7-10,12H,5,11,13H2,(H,24,25). The van der Waals surface area contributed by atoms with Gasteiger partial charge in [-0.1, -0.05) is 58.1 Å². The average molecular weight is 426 g/mol. The maximum Gasteiger partial charge on any atom is 0.417 e. The van der Waals surface area contributed by atoms with Gasteiger partial charge in [0, 0.05) is 23.0 Å². The van der Waals surface area contributed by atoms with Gasteiger partial charge in [-0.2, -0.15) is 13.2 Å². The monoisotopic (exact) mass is 425 g/mol. The zero-order chi connectivity index (χ0) is 19.0. The number of carbonyl (C=O) groups excluding carboxylic acids is 1. The Kier molecular flexibility index (Phi) is 7.10. The van der Waals surface area contributed by atoms with Crippen molar-refractivity contribution in [2.75, 3.05) is 6.54 Å². The molecule has 0 aromatic heterocycles. The topological polar surface area (TPSA) is 38.3 Å². The number of halogens is 4. The number of nitrogens with one attached hydrogen (secondary N) is 1. The summed E-state index contributed by atoms with van der Waals surface area (Å²) in [4.78, 5) is 11.5. The highest BCUT2D eigenvalue weighted by atomic mass is 79.9. The third-order valence-corrected chi connectivity index (χ3v) is 3.93. The van der Waals surface area contributed by atoms with Crippen LogP contribution in [0.2, 0.25) is 0 Å². The number of rotatable bonds is 4. The molecule has 0 bridgehead atoms. The van der Waals surface area contributed by atoms with Gasteiger partial charge in [0.05, 0.1) is 5.56 Å². The van der Waals surface area contributed by atoms with Crippen LogP contribution in [0.3, 0.4) is 0 Å². The second-order valence-electron chi connectivity index (χ2n) is 5.23. The molecule has 2 aromatic rings. The summed E-state index contributed by atoms with van der Waals surface area (Å²) in [5.74, 6) is 5.38. The maximum atomic E-state index is 12.8. The fourth-order valence-corrected chi connectivity index (χ4v) is 2.46. The van der Waals surface area contributed by atoms with Gasteiger partial charge in [0.1, 0.15) is 6.61 Å². The van der Waals surface area contributed by atoms with E-state index < -0.39 is 17.8 Å². The van der Waals surface area contributed by atoms with Crippen LogP contribution in [-0.2, 0) is 17.5 Å². The van der Waals surface area contributed by atoms with E-state index in [1.807, 2.05) is 30.3 Å². The lowest BCUT2D eigenvalue weighted by Gasteiger charge is -2.08. The number of ether oxygens (including phenoxy) is 1. The molecule has 0 atom stereocenters. The molecule has 136 valence electrons. The van der Waals surface area contributed by atoms with Crippen LogP contribution in [0.5, 0.6) is 0 Å². The van der Waals surface area contributed by atoms with Crippen LogP contribution in [0.1, 0.15) is 23.1 Å². The third-order valence-electron chi connectivity index (χ3n) is 3.24. The van der Waals surface area contributed by atoms with Gasteiger partial charge in [0.15, 0.2) is 0 Å². The van der Waals surface area contributed by atoms with Crippen LogP contribution in [0.15, 0.2) is 53.0 Å². The molecule has 0 saturated heterocycles. The second-order valence-corrected chi connectivity index (χ2v) is 6.09. The normalized spacial score (nSPS) is 10.6. The van der Waals surface area contributed by atoms with E-state index in [0.717, 1.165) is 11.6 Å². The Hall–Kier alpha value is -2.46. The second kappa shape index (κ2) is 9.30. The van der Waals surface area contributed by atoms with E-state index in [1.54, 1.807) is 0 Å². The van der Waals surface area contributed by atoms with E-state index in [-0.39, 0.29) is 29.6 Å². The van der Waals surface area contributed by atoms with Crippen molar-refractivity contribution in [1.29, 1.82) is 0 Å². The highest BCUT2D eigenvalue weighted by Gasteiger charge is 2.32. The van der Waals surface area contributed by atoms with Gasteiger partial charge < -0.3 is 10.1 Å². The molecule has 26 heavy (non-hydrogen) atoms. The van der Waals surface area contributed by atoms with Gasteiger partial charge in [-0.05, 0) is 23.8 Å². The van der Waals surface area contributed by atoms with Crippen LogP contribution < -0.4 is 5.32 Å². The van der Waals surface area contributed by atoms with Gasteiger partial charge in [0.25, 0.3) is 0 Å². The number of benzene rings is 2. The molecular weight excluding hydrogens is 411 g/mol. The minimum atomic E-state index is -4.44. The number of alkyl carbamates (subject to hydrolysis) is 1. The maximum absolute atomic E-state index is 12.8. The van der Waals surface area contributed by atoms with Crippen molar-refractivity contribution in [3.63, 3.8) is 0 Å². The fourth-order valence-electron chi connectivity index (χ4n) is 1.99. The molecule has 0 heterocycles. The lowest BCUT2D eigenvalue weighted by Crippen LogP contribution is -2.24. The zero-order valence-corrected chi connectivity index (χ0v) is 15.2. The van der Waals surface area contributed by atoms with Gasteiger partial charge in [-0.15, -0.1) is 0 Å². The first kappa shape index (κ1) is 19.9. The molecule has 0 spiro atoms. The summed E-state index contributed by atoms with van der Waals surface area (Å²) in [6.45, 7) is 0.404. The van der Waals surface area contributed by atoms with Crippen molar-refractivity contribution in [1.82, 2.24) is 5.32 Å². The highest BCUT2D eigenvalue weighted by molar-refractivity contribution is 9.10. The predicted molar refractivity (Wildman–Crippen MR) is 95.3 cm³/mol. The van der Waals surface area contributed by atoms with Crippen LogP contribution in [0.25, 0.3) is 0 Å². The number of hydrogen-bond acceptors (Lipinski definition) is 2. The predicted octanol–water partition coefficient (Wildman–Crippen LogP) is 5.14. The molecule has 0 saturated carbocycles. The van der Waals surface area contributed by atoms with E-state index in [4.69, 9.17) is 4.74 Å². The van der Waals surface area contributed by atoms with Crippen LogP contribution in [0.4, 0.5) is 18.0 Å². The van der Waals surface area contributed by atoms with Crippen molar-refractivity contribution in [3.8, 4) is 11.8 Å². The van der Waals surface area contributed by atoms with Crippen molar-refractivity contribution < 1.29 is 22.7 Å². The van der Waals surface area contributed by atoms with Crippen molar-refractivity contribution in [3.05, 3.63) is 69.7 Å². The van der Waals surface area contributed by atoms with Crippen molar-refractivity contribution in [2.45, 2.75) is 19.2 Å². The Morgan fingerprint density at radius 3 is 2.58 bits per heavy atom. The molecule has 0 unspecified atom stereocenters. The number of amides is 1. The molecular formula is C19H15BrF3NO2. The lowest BCUT2D eigenvalue weighted by molar-refractivity contribution is -0.138. The van der Waals surface area contributed by atoms with E-state index in [9.17, 15) is 18.0 Å². The van der Waals surface area contributed by atoms with Crippen molar-refractivity contribution in [2.24, 2.45) is 0 Å². The fraction of sp³-hybridized carbons (Fsp3) is 0.211. The molecule has 7 heteroatoms. The SMILES string of the molecule is O=C(NCCC#Cc1ccc(Br)c(C(F)(F)F)c1)OCc1ccccc1. The molecule has 0 fully saturated rings. The van der Waals surface area contributed by atoms with Crippen LogP contribution in [0, 0.1) is 11.8 Å². The largest absolute Gasteiger partial charge is 0.445 e. The van der Waals surface area contributed by atoms with Crippen molar-refractivity contribution >= 4 is 22.0 Å². The minimum Gasteiger partial charge on any atom is -0.445 e. The average Bonchev–Trinajstić information content (AvgIpc) is 2.61. The van der Waals surface area contributed by atoms with E-state index in [0.29, 0.717) is 0 Å². The molecule has 1 N–H and O–H groups in total. The molecule has 0 radical (unpaired) electrons. The Labute approximate surface area is 157 Å². The smallest absolute Gasteiger partial charge is 0.417 e. The summed E-state index contributed by atoms with van der Waals surface area (Å²) in [6.07, 6.45) is -4.73. The summed E-state index contributed by atoms with van der Waals surface area (Å²) >= 11 is 2.88. The Balaban J connectivity index is 1.77. The first-order valence-corrected chi connectivity index (χ1v) is 8.46. The van der Waals surface area contributed by atoms with E-state index >= 15 is 0 Å². The summed E-state index contributed by atoms with van der Waals surface area (Å²) in [5, 5.41) is 2.53. The molecule has 2 rings (SSSR count). The van der Waals surface area contributed by atoms with Gasteiger partial charge in [-0.25, -0.2) is 4.79 Å². The molecule has 0 aliphatic rings. The van der Waals surface area contributed by atoms with Gasteiger partial charge in [0.2, 0.25) is 0 Å². The zero-order valence-electron chi connectivity index (χ0n) is 13.6. The Morgan fingerprint density at radius 1 is 1.15 bits per heavy atom. The van der Waals surface area contributed by atoms with Gasteiger partial charge >= 0.3 is 12.3 Å². The first-order chi connectivity index (χ1) is 12.4. The summed E-state index contributed by atoms with van der Waals surface area (Å²) in [6, 6.07) is 13.0. The summed E-state index contributed by atoms with van der Waals surface area (Å²) in [5.41, 5.74) is 0.359. The Morgan fingerprint density at radius 2 is 1.88 bits per heavy atom. The van der Waals surface area contributed by atoms with Gasteiger partial charge in [-0.3, -0.25) is 0 Å². The summed E-state index contributed by atoms with van der Waals surface area (Å²) < 4.78 is 43.5. The summed E-state index contributed by atoms with van der Waals surface area (Å²) in [7, 11) is 0. The lowest BCUT2D eigenvalue weighted by atomic mass is 10.1.